The zero-order valence-corrected chi connectivity index (χ0v) is 10.6. The van der Waals surface area contributed by atoms with Crippen LogP contribution >= 0.6 is 11.8 Å². The molecule has 0 aliphatic carbocycles. The zero-order valence-electron chi connectivity index (χ0n) is 9.79. The number of carbonyl (C=O) groups is 1. The molecule has 1 rings (SSSR count). The Hall–Kier alpha value is -1.82. The van der Waals surface area contributed by atoms with Crippen LogP contribution in [-0.4, -0.2) is 18.6 Å². The summed E-state index contributed by atoms with van der Waals surface area (Å²) in [7, 11) is 0.896. The molecule has 1 aromatic carbocycles. The Balaban J connectivity index is 3.48. The van der Waals surface area contributed by atoms with Crippen LogP contribution in [0.15, 0.2) is 17.0 Å². The molecular weight excluding hydrogens is 305 g/mol. The van der Waals surface area contributed by atoms with Crippen molar-refractivity contribution in [3.63, 3.8) is 0 Å². The summed E-state index contributed by atoms with van der Waals surface area (Å²) in [4.78, 5) is 10.8. The summed E-state index contributed by atoms with van der Waals surface area (Å²) >= 11 is -0.611. The molecule has 9 heteroatoms. The SMILES string of the molecule is COC(=O)c1cc(SC(F)(F)F)cc(C#N)c1C(F)F. The Morgan fingerprint density at radius 2 is 2.00 bits per heavy atom. The van der Waals surface area contributed by atoms with Crippen molar-refractivity contribution in [2.24, 2.45) is 0 Å². The first kappa shape index (κ1) is 16.2. The molecule has 0 radical (unpaired) electrons. The summed E-state index contributed by atoms with van der Waals surface area (Å²) in [6.07, 6.45) is -3.19. The number of benzene rings is 1. The third-order valence-corrected chi connectivity index (χ3v) is 2.83. The monoisotopic (exact) mass is 311 g/mol. The molecule has 0 amide bonds. The van der Waals surface area contributed by atoms with E-state index in [0.717, 1.165) is 7.11 Å². The largest absolute Gasteiger partial charge is 0.465 e. The van der Waals surface area contributed by atoms with Crippen LogP contribution in [0.2, 0.25) is 0 Å². The summed E-state index contributed by atoms with van der Waals surface area (Å²) in [6, 6.07) is 2.64. The molecule has 0 aliphatic heterocycles. The number of halogens is 5. The number of carbonyl (C=O) groups excluding carboxylic acids is 1. The van der Waals surface area contributed by atoms with Crippen molar-refractivity contribution < 1.29 is 31.5 Å². The maximum atomic E-state index is 12.9. The number of hydrogen-bond donors (Lipinski definition) is 0. The topological polar surface area (TPSA) is 50.1 Å². The number of alkyl halides is 5. The first-order valence-corrected chi connectivity index (χ1v) is 5.71. The van der Waals surface area contributed by atoms with Crippen molar-refractivity contribution in [1.29, 1.82) is 5.26 Å². The second kappa shape index (κ2) is 6.09. The maximum Gasteiger partial charge on any atom is 0.446 e. The lowest BCUT2D eigenvalue weighted by Gasteiger charge is -2.12. The van der Waals surface area contributed by atoms with Crippen LogP contribution in [0.5, 0.6) is 0 Å². The molecule has 0 heterocycles. The second-order valence-electron chi connectivity index (χ2n) is 3.38. The smallest absolute Gasteiger partial charge is 0.446 e. The van der Waals surface area contributed by atoms with Gasteiger partial charge in [-0.15, -0.1) is 0 Å². The maximum absolute atomic E-state index is 12.9. The van der Waals surface area contributed by atoms with Gasteiger partial charge in [0.05, 0.1) is 29.9 Å². The van der Waals surface area contributed by atoms with Crippen LogP contribution in [0.4, 0.5) is 22.0 Å². The lowest BCUT2D eigenvalue weighted by atomic mass is 10.0. The first-order chi connectivity index (χ1) is 9.19. The second-order valence-corrected chi connectivity index (χ2v) is 4.52. The van der Waals surface area contributed by atoms with Gasteiger partial charge >= 0.3 is 11.5 Å². The Morgan fingerprint density at radius 3 is 2.40 bits per heavy atom. The van der Waals surface area contributed by atoms with Gasteiger partial charge < -0.3 is 4.74 Å². The van der Waals surface area contributed by atoms with Crippen LogP contribution in [0, 0.1) is 11.3 Å². The number of thioether (sulfide) groups is 1. The Kier molecular flexibility index (Phi) is 4.94. The van der Waals surface area contributed by atoms with Crippen molar-refractivity contribution >= 4 is 17.7 Å². The summed E-state index contributed by atoms with van der Waals surface area (Å²) in [5.41, 5.74) is -7.07. The van der Waals surface area contributed by atoms with Crippen LogP contribution in [0.25, 0.3) is 0 Å². The standard InChI is InChI=1S/C11H6F5NO2S/c1-19-10(18)7-3-6(20-11(14,15)16)2-5(4-17)8(7)9(12)13/h2-3,9H,1H3. The fourth-order valence-corrected chi connectivity index (χ4v) is 2.05. The number of nitriles is 1. The highest BCUT2D eigenvalue weighted by Crippen LogP contribution is 2.39. The number of methoxy groups -OCH3 is 1. The van der Waals surface area contributed by atoms with Gasteiger partial charge in [-0.25, -0.2) is 13.6 Å². The Labute approximate surface area is 114 Å². The van der Waals surface area contributed by atoms with Crippen molar-refractivity contribution in [1.82, 2.24) is 0 Å². The summed E-state index contributed by atoms with van der Waals surface area (Å²) < 4.78 is 66.7. The normalized spacial score (nSPS) is 11.3. The highest BCUT2D eigenvalue weighted by molar-refractivity contribution is 8.00. The molecule has 20 heavy (non-hydrogen) atoms. The zero-order chi connectivity index (χ0) is 15.5. The van der Waals surface area contributed by atoms with Crippen molar-refractivity contribution in [3.8, 4) is 6.07 Å². The van der Waals surface area contributed by atoms with E-state index in [0.29, 0.717) is 12.1 Å². The molecule has 3 nitrogen and oxygen atoms in total. The summed E-state index contributed by atoms with van der Waals surface area (Å²) in [5, 5.41) is 8.74. The summed E-state index contributed by atoms with van der Waals surface area (Å²) in [6.45, 7) is 0. The highest BCUT2D eigenvalue weighted by Gasteiger charge is 2.32. The van der Waals surface area contributed by atoms with Gasteiger partial charge in [-0.1, -0.05) is 0 Å². The van der Waals surface area contributed by atoms with E-state index in [1.54, 1.807) is 0 Å². The lowest BCUT2D eigenvalue weighted by molar-refractivity contribution is -0.0328. The molecule has 0 unspecified atom stereocenters. The Bertz CT molecular complexity index is 565. The molecule has 108 valence electrons. The number of rotatable bonds is 3. The van der Waals surface area contributed by atoms with Gasteiger partial charge in [0.25, 0.3) is 6.43 Å². The van der Waals surface area contributed by atoms with Gasteiger partial charge in [0.1, 0.15) is 0 Å². The Morgan fingerprint density at radius 1 is 1.40 bits per heavy atom. The predicted octanol–water partition coefficient (Wildman–Crippen LogP) is 3.89. The molecule has 0 aromatic heterocycles. The quantitative estimate of drug-likeness (QED) is 0.483. The average Bonchev–Trinajstić information content (AvgIpc) is 2.34. The molecule has 0 N–H and O–H groups in total. The molecule has 0 bridgehead atoms. The van der Waals surface area contributed by atoms with E-state index >= 15 is 0 Å². The van der Waals surface area contributed by atoms with Gasteiger partial charge in [0, 0.05) is 4.90 Å². The number of esters is 1. The third-order valence-electron chi connectivity index (χ3n) is 2.13. The van der Waals surface area contributed by atoms with E-state index in [1.165, 1.54) is 6.07 Å². The predicted molar refractivity (Wildman–Crippen MR) is 59.4 cm³/mol. The summed E-state index contributed by atoms with van der Waals surface area (Å²) in [5.74, 6) is -1.23. The molecule has 0 saturated carbocycles. The van der Waals surface area contributed by atoms with E-state index < -0.39 is 51.3 Å². The minimum absolute atomic E-state index is 0.543. The molecule has 1 aromatic rings. The van der Waals surface area contributed by atoms with E-state index in [4.69, 9.17) is 5.26 Å². The number of hydrogen-bond acceptors (Lipinski definition) is 4. The molecule has 0 spiro atoms. The minimum atomic E-state index is -4.67. The molecule has 0 fully saturated rings. The van der Waals surface area contributed by atoms with Gasteiger partial charge in [0.15, 0.2) is 0 Å². The van der Waals surface area contributed by atoms with Crippen LogP contribution < -0.4 is 0 Å². The van der Waals surface area contributed by atoms with Gasteiger partial charge in [-0.2, -0.15) is 18.4 Å². The van der Waals surface area contributed by atoms with Crippen molar-refractivity contribution in [2.45, 2.75) is 16.8 Å². The van der Waals surface area contributed by atoms with E-state index in [9.17, 15) is 26.7 Å². The number of ether oxygens (including phenoxy) is 1. The van der Waals surface area contributed by atoms with Gasteiger partial charge in [-0.05, 0) is 23.9 Å². The number of nitrogens with zero attached hydrogens (tertiary/aromatic N) is 1. The fourth-order valence-electron chi connectivity index (χ4n) is 1.43. The molecular formula is C11H6F5NO2S. The molecule has 0 aliphatic rings. The fraction of sp³-hybridized carbons (Fsp3) is 0.273. The lowest BCUT2D eigenvalue weighted by Crippen LogP contribution is -2.09. The van der Waals surface area contributed by atoms with Crippen LogP contribution in [-0.2, 0) is 4.74 Å². The van der Waals surface area contributed by atoms with Crippen LogP contribution in [0.3, 0.4) is 0 Å². The van der Waals surface area contributed by atoms with E-state index in [-0.39, 0.29) is 0 Å². The third kappa shape index (κ3) is 3.84. The molecule has 0 saturated heterocycles. The van der Waals surface area contributed by atoms with E-state index in [2.05, 4.69) is 4.74 Å². The highest BCUT2D eigenvalue weighted by atomic mass is 32.2. The van der Waals surface area contributed by atoms with Crippen molar-refractivity contribution in [2.75, 3.05) is 7.11 Å². The van der Waals surface area contributed by atoms with Crippen LogP contribution in [0.1, 0.15) is 27.9 Å². The first-order valence-electron chi connectivity index (χ1n) is 4.90. The average molecular weight is 311 g/mol. The minimum Gasteiger partial charge on any atom is -0.465 e. The van der Waals surface area contributed by atoms with Gasteiger partial charge in [-0.3, -0.25) is 0 Å². The molecule has 0 atom stereocenters. The van der Waals surface area contributed by atoms with Gasteiger partial charge in [0.2, 0.25) is 0 Å². The van der Waals surface area contributed by atoms with E-state index in [1.807, 2.05) is 0 Å². The van der Waals surface area contributed by atoms with Crippen molar-refractivity contribution in [3.05, 3.63) is 28.8 Å².